The molecule has 1 aromatic carbocycles. The molecule has 0 aromatic heterocycles. The molecule has 8 nitrogen and oxygen atoms in total. The van der Waals surface area contributed by atoms with Gasteiger partial charge in [-0.15, -0.1) is 0 Å². The minimum atomic E-state index is -0.722. The van der Waals surface area contributed by atoms with Crippen LogP contribution in [-0.4, -0.2) is 77.6 Å². The maximum Gasteiger partial charge on any atom is 0.251 e. The van der Waals surface area contributed by atoms with Crippen LogP contribution in [0, 0.1) is 11.8 Å². The van der Waals surface area contributed by atoms with Gasteiger partial charge in [0.1, 0.15) is 12.1 Å². The summed E-state index contributed by atoms with van der Waals surface area (Å²) in [6, 6.07) is 5.87. The molecular weight excluding hydrogens is 480 g/mol. The number of hydrogen-bond acceptors (Lipinski definition) is 5. The highest BCUT2D eigenvalue weighted by atomic mass is 16.2. The number of likely N-dealkylation sites (tertiary alicyclic amines) is 2. The summed E-state index contributed by atoms with van der Waals surface area (Å²) >= 11 is 0. The summed E-state index contributed by atoms with van der Waals surface area (Å²) in [6.45, 7) is 10.5. The Morgan fingerprint density at radius 1 is 1.00 bits per heavy atom. The number of amides is 3. The quantitative estimate of drug-likeness (QED) is 0.505. The van der Waals surface area contributed by atoms with E-state index in [1.807, 2.05) is 26.0 Å². The van der Waals surface area contributed by atoms with Gasteiger partial charge in [0.05, 0.1) is 12.6 Å². The Morgan fingerprint density at radius 3 is 2.26 bits per heavy atom. The Balaban J connectivity index is 1.44. The molecule has 2 aliphatic heterocycles. The maximum atomic E-state index is 13.8. The van der Waals surface area contributed by atoms with E-state index in [1.54, 1.807) is 21.9 Å². The van der Waals surface area contributed by atoms with Gasteiger partial charge in [-0.1, -0.05) is 26.7 Å². The zero-order valence-corrected chi connectivity index (χ0v) is 23.4. The molecule has 3 aliphatic rings. The highest BCUT2D eigenvalue weighted by Gasteiger charge is 2.52. The predicted octanol–water partition coefficient (Wildman–Crippen LogP) is 3.64. The van der Waals surface area contributed by atoms with Crippen molar-refractivity contribution in [2.45, 2.75) is 90.8 Å². The Kier molecular flexibility index (Phi) is 9.11. The third kappa shape index (κ3) is 6.05. The molecule has 208 valence electrons. The van der Waals surface area contributed by atoms with E-state index < -0.39 is 12.1 Å². The number of hydrogen-bond donors (Lipinski definition) is 1. The van der Waals surface area contributed by atoms with Gasteiger partial charge in [0.2, 0.25) is 11.8 Å². The first-order valence-corrected chi connectivity index (χ1v) is 14.5. The molecule has 2 saturated heterocycles. The standard InChI is InChI=1S/C30H44N4O4/c1-5-32(6-2)23-13-11-22(12-14-23)29(37)31-24(17-20(3)4)30(38)33-16-15-25-28(33)26(35)19-34(25)27(36)18-21-9-7-8-10-21/h11-14,20-21,24-25,28H,5-10,15-19H2,1-4H3,(H,31,37). The molecule has 1 aliphatic carbocycles. The van der Waals surface area contributed by atoms with E-state index in [2.05, 4.69) is 24.1 Å². The summed E-state index contributed by atoms with van der Waals surface area (Å²) in [5.74, 6) is 0.0585. The third-order valence-electron chi connectivity index (χ3n) is 8.53. The average Bonchev–Trinajstić information content (AvgIpc) is 3.63. The Bertz CT molecular complexity index is 1010. The van der Waals surface area contributed by atoms with Gasteiger partial charge in [0, 0.05) is 37.3 Å². The maximum absolute atomic E-state index is 13.8. The molecule has 2 heterocycles. The highest BCUT2D eigenvalue weighted by Crippen LogP contribution is 2.34. The van der Waals surface area contributed by atoms with E-state index >= 15 is 0 Å². The summed E-state index contributed by atoms with van der Waals surface area (Å²) in [4.78, 5) is 58.6. The van der Waals surface area contributed by atoms with Gasteiger partial charge in [0.15, 0.2) is 5.78 Å². The van der Waals surface area contributed by atoms with Crippen molar-refractivity contribution < 1.29 is 19.2 Å². The van der Waals surface area contributed by atoms with Crippen LogP contribution in [0.1, 0.15) is 83.0 Å². The average molecular weight is 525 g/mol. The van der Waals surface area contributed by atoms with E-state index in [-0.39, 0.29) is 42.0 Å². The van der Waals surface area contributed by atoms with Crippen LogP contribution in [0.3, 0.4) is 0 Å². The van der Waals surface area contributed by atoms with Crippen molar-refractivity contribution in [3.05, 3.63) is 29.8 Å². The van der Waals surface area contributed by atoms with Crippen molar-refractivity contribution in [1.82, 2.24) is 15.1 Å². The van der Waals surface area contributed by atoms with Gasteiger partial charge in [-0.3, -0.25) is 19.2 Å². The van der Waals surface area contributed by atoms with E-state index in [1.165, 1.54) is 12.8 Å². The highest BCUT2D eigenvalue weighted by molar-refractivity contribution is 6.01. The summed E-state index contributed by atoms with van der Waals surface area (Å²) in [5.41, 5.74) is 1.55. The summed E-state index contributed by atoms with van der Waals surface area (Å²) < 4.78 is 0. The van der Waals surface area contributed by atoms with Gasteiger partial charge < -0.3 is 20.0 Å². The number of carbonyl (C=O) groups excluding carboxylic acids is 4. The molecule has 3 unspecified atom stereocenters. The van der Waals surface area contributed by atoms with Crippen LogP contribution < -0.4 is 10.2 Å². The number of nitrogens with zero attached hydrogens (tertiary/aromatic N) is 3. The van der Waals surface area contributed by atoms with Crippen LogP contribution >= 0.6 is 0 Å². The zero-order valence-electron chi connectivity index (χ0n) is 23.4. The zero-order chi connectivity index (χ0) is 27.4. The number of rotatable bonds is 10. The minimum absolute atomic E-state index is 0.0484. The molecule has 1 N–H and O–H groups in total. The summed E-state index contributed by atoms with van der Waals surface area (Å²) in [5, 5.41) is 2.96. The largest absolute Gasteiger partial charge is 0.372 e. The number of Topliss-reactive ketones (excluding diaryl/α,β-unsaturated/α-hetero) is 1. The van der Waals surface area contributed by atoms with E-state index in [0.29, 0.717) is 37.3 Å². The minimum Gasteiger partial charge on any atom is -0.372 e. The Morgan fingerprint density at radius 2 is 1.66 bits per heavy atom. The van der Waals surface area contributed by atoms with Crippen LogP contribution in [0.25, 0.3) is 0 Å². The lowest BCUT2D eigenvalue weighted by atomic mass is 10.0. The predicted molar refractivity (Wildman–Crippen MR) is 148 cm³/mol. The number of nitrogens with one attached hydrogen (secondary N) is 1. The molecule has 0 radical (unpaired) electrons. The topological polar surface area (TPSA) is 90.0 Å². The number of fused-ring (bicyclic) bond motifs is 1. The fourth-order valence-corrected chi connectivity index (χ4v) is 6.52. The SMILES string of the molecule is CCN(CC)c1ccc(C(=O)NC(CC(C)C)C(=O)N2CCC3C2C(=O)CN3C(=O)CC2CCCC2)cc1. The number of carbonyl (C=O) groups is 4. The second-order valence-electron chi connectivity index (χ2n) is 11.5. The van der Waals surface area contributed by atoms with Crippen molar-refractivity contribution in [2.24, 2.45) is 11.8 Å². The molecule has 38 heavy (non-hydrogen) atoms. The first kappa shape index (κ1) is 28.1. The van der Waals surface area contributed by atoms with Gasteiger partial charge in [-0.2, -0.15) is 0 Å². The second-order valence-corrected chi connectivity index (χ2v) is 11.5. The Hall–Kier alpha value is -2.90. The Labute approximate surface area is 227 Å². The van der Waals surface area contributed by atoms with Gasteiger partial charge in [-0.05, 0) is 75.6 Å². The monoisotopic (exact) mass is 524 g/mol. The van der Waals surface area contributed by atoms with E-state index in [9.17, 15) is 19.2 Å². The molecule has 3 fully saturated rings. The molecule has 4 rings (SSSR count). The van der Waals surface area contributed by atoms with Crippen molar-refractivity contribution in [1.29, 1.82) is 0 Å². The normalized spacial score (nSPS) is 22.2. The number of benzene rings is 1. The van der Waals surface area contributed by atoms with Gasteiger partial charge >= 0.3 is 0 Å². The van der Waals surface area contributed by atoms with Crippen LogP contribution in [0.2, 0.25) is 0 Å². The fourth-order valence-electron chi connectivity index (χ4n) is 6.52. The molecule has 0 bridgehead atoms. The van der Waals surface area contributed by atoms with Crippen LogP contribution in [-0.2, 0) is 14.4 Å². The van der Waals surface area contributed by atoms with Gasteiger partial charge in [-0.25, -0.2) is 0 Å². The second kappa shape index (κ2) is 12.3. The molecular formula is C30H44N4O4. The van der Waals surface area contributed by atoms with E-state index in [4.69, 9.17) is 0 Å². The fraction of sp³-hybridized carbons (Fsp3) is 0.667. The summed E-state index contributed by atoms with van der Waals surface area (Å²) in [7, 11) is 0. The van der Waals surface area contributed by atoms with Crippen molar-refractivity contribution >= 4 is 29.2 Å². The van der Waals surface area contributed by atoms with Crippen molar-refractivity contribution in [2.75, 3.05) is 31.1 Å². The lowest BCUT2D eigenvalue weighted by molar-refractivity contribution is -0.138. The molecule has 1 aromatic rings. The molecule has 8 heteroatoms. The molecule has 1 saturated carbocycles. The number of ketones is 1. The smallest absolute Gasteiger partial charge is 0.251 e. The van der Waals surface area contributed by atoms with Crippen LogP contribution in [0.15, 0.2) is 24.3 Å². The lowest BCUT2D eigenvalue weighted by Gasteiger charge is -2.29. The molecule has 3 amide bonds. The van der Waals surface area contributed by atoms with Crippen LogP contribution in [0.5, 0.6) is 0 Å². The third-order valence-corrected chi connectivity index (χ3v) is 8.53. The lowest BCUT2D eigenvalue weighted by Crippen LogP contribution is -2.53. The van der Waals surface area contributed by atoms with Crippen LogP contribution in [0.4, 0.5) is 5.69 Å². The molecule has 3 atom stereocenters. The van der Waals surface area contributed by atoms with Crippen molar-refractivity contribution in [3.8, 4) is 0 Å². The van der Waals surface area contributed by atoms with Crippen molar-refractivity contribution in [3.63, 3.8) is 0 Å². The van der Waals surface area contributed by atoms with Gasteiger partial charge in [0.25, 0.3) is 5.91 Å². The number of anilines is 1. The van der Waals surface area contributed by atoms with E-state index in [0.717, 1.165) is 31.6 Å². The first-order chi connectivity index (χ1) is 18.2. The molecule has 0 spiro atoms. The summed E-state index contributed by atoms with van der Waals surface area (Å²) in [6.07, 6.45) is 6.11. The first-order valence-electron chi connectivity index (χ1n) is 14.5.